The summed E-state index contributed by atoms with van der Waals surface area (Å²) in [5, 5.41) is 6.08. The van der Waals surface area contributed by atoms with Crippen molar-refractivity contribution >= 4 is 6.03 Å². The number of hydrogen-bond donors (Lipinski definition) is 3. The molecule has 0 aliphatic carbocycles. The number of hydrogen-bond acceptors (Lipinski definition) is 2. The molecule has 19 heavy (non-hydrogen) atoms. The average Bonchev–Trinajstić information content (AvgIpc) is 2.42. The monoisotopic (exact) mass is 263 g/mol. The van der Waals surface area contributed by atoms with Crippen molar-refractivity contribution < 1.29 is 4.79 Å². The first kappa shape index (κ1) is 15.5. The Kier molecular flexibility index (Phi) is 7.66. The van der Waals surface area contributed by atoms with Gasteiger partial charge in [0.05, 0.1) is 0 Å². The molecule has 0 aromatic heterocycles. The normalized spacial score (nSPS) is 12.1. The van der Waals surface area contributed by atoms with Gasteiger partial charge in [0, 0.05) is 19.1 Å². The van der Waals surface area contributed by atoms with Crippen LogP contribution in [0.25, 0.3) is 0 Å². The van der Waals surface area contributed by atoms with Crippen LogP contribution in [-0.4, -0.2) is 19.1 Å². The maximum absolute atomic E-state index is 10.6. The summed E-state index contributed by atoms with van der Waals surface area (Å²) in [4.78, 5) is 10.6. The van der Waals surface area contributed by atoms with Crippen molar-refractivity contribution in [2.75, 3.05) is 13.1 Å². The highest BCUT2D eigenvalue weighted by atomic mass is 16.2. The quantitative estimate of drug-likeness (QED) is 0.599. The molecule has 0 aliphatic heterocycles. The molecule has 0 fully saturated rings. The summed E-state index contributed by atoms with van der Waals surface area (Å²) >= 11 is 0. The fraction of sp³-hybridized carbons (Fsp3) is 0.533. The van der Waals surface area contributed by atoms with Crippen molar-refractivity contribution in [1.29, 1.82) is 0 Å². The average molecular weight is 263 g/mol. The van der Waals surface area contributed by atoms with Gasteiger partial charge in [0.25, 0.3) is 0 Å². The molecule has 1 aromatic rings. The molecular formula is C15H25N3O. The lowest BCUT2D eigenvalue weighted by molar-refractivity contribution is 0.248. The van der Waals surface area contributed by atoms with E-state index in [4.69, 9.17) is 5.73 Å². The van der Waals surface area contributed by atoms with Gasteiger partial charge in [0.1, 0.15) is 0 Å². The second kappa shape index (κ2) is 9.39. The van der Waals surface area contributed by atoms with Crippen LogP contribution in [0.1, 0.15) is 44.2 Å². The van der Waals surface area contributed by atoms with Crippen molar-refractivity contribution in [3.63, 3.8) is 0 Å². The van der Waals surface area contributed by atoms with Gasteiger partial charge >= 0.3 is 6.03 Å². The van der Waals surface area contributed by atoms with E-state index in [0.717, 1.165) is 13.0 Å². The van der Waals surface area contributed by atoms with Gasteiger partial charge in [-0.25, -0.2) is 4.79 Å². The molecule has 0 bridgehead atoms. The molecule has 0 heterocycles. The maximum Gasteiger partial charge on any atom is 0.312 e. The van der Waals surface area contributed by atoms with Gasteiger partial charge in [-0.1, -0.05) is 56.5 Å². The number of urea groups is 1. The Balaban J connectivity index is 2.43. The number of carbonyl (C=O) groups is 1. The maximum atomic E-state index is 10.6. The lowest BCUT2D eigenvalue weighted by Crippen LogP contribution is -2.36. The van der Waals surface area contributed by atoms with Crippen LogP contribution in [0.3, 0.4) is 0 Å². The van der Waals surface area contributed by atoms with E-state index in [2.05, 4.69) is 41.8 Å². The highest BCUT2D eigenvalue weighted by Gasteiger charge is 2.09. The number of amides is 2. The van der Waals surface area contributed by atoms with Crippen LogP contribution >= 0.6 is 0 Å². The van der Waals surface area contributed by atoms with E-state index in [1.165, 1.54) is 24.8 Å². The van der Waals surface area contributed by atoms with E-state index in [1.54, 1.807) is 0 Å². The minimum atomic E-state index is -0.468. The summed E-state index contributed by atoms with van der Waals surface area (Å²) < 4.78 is 0. The molecule has 0 spiro atoms. The molecule has 106 valence electrons. The van der Waals surface area contributed by atoms with Crippen LogP contribution < -0.4 is 16.4 Å². The molecule has 1 aromatic carbocycles. The number of carbonyl (C=O) groups excluding carboxylic acids is 1. The van der Waals surface area contributed by atoms with Crippen LogP contribution in [0.5, 0.6) is 0 Å². The minimum absolute atomic E-state index is 0.349. The van der Waals surface area contributed by atoms with Crippen molar-refractivity contribution in [3.05, 3.63) is 35.9 Å². The summed E-state index contributed by atoms with van der Waals surface area (Å²) in [5.41, 5.74) is 6.34. The number of nitrogens with two attached hydrogens (primary N) is 1. The first-order valence-corrected chi connectivity index (χ1v) is 7.05. The van der Waals surface area contributed by atoms with Gasteiger partial charge in [-0.05, 0) is 12.0 Å². The summed E-state index contributed by atoms with van der Waals surface area (Å²) in [7, 11) is 0. The van der Waals surface area contributed by atoms with E-state index in [-0.39, 0.29) is 0 Å². The molecule has 1 unspecified atom stereocenters. The van der Waals surface area contributed by atoms with Gasteiger partial charge in [-0.2, -0.15) is 0 Å². The minimum Gasteiger partial charge on any atom is -0.352 e. The van der Waals surface area contributed by atoms with Crippen molar-refractivity contribution in [1.82, 2.24) is 10.6 Å². The SMILES string of the molecule is CCCCCC(NCCNC(N)=O)c1ccccc1. The molecule has 0 aliphatic rings. The lowest BCUT2D eigenvalue weighted by Gasteiger charge is -2.19. The van der Waals surface area contributed by atoms with E-state index in [1.807, 2.05) is 6.07 Å². The highest BCUT2D eigenvalue weighted by molar-refractivity contribution is 5.71. The molecule has 1 rings (SSSR count). The molecule has 0 saturated carbocycles. The zero-order valence-electron chi connectivity index (χ0n) is 11.7. The first-order valence-electron chi connectivity index (χ1n) is 7.05. The zero-order chi connectivity index (χ0) is 13.9. The van der Waals surface area contributed by atoms with E-state index < -0.39 is 6.03 Å². The molecule has 2 amide bonds. The summed E-state index contributed by atoms with van der Waals surface area (Å²) in [6, 6.07) is 10.3. The van der Waals surface area contributed by atoms with E-state index in [9.17, 15) is 4.79 Å². The molecule has 0 saturated heterocycles. The van der Waals surface area contributed by atoms with Gasteiger partial charge < -0.3 is 16.4 Å². The van der Waals surface area contributed by atoms with Crippen LogP contribution in [-0.2, 0) is 0 Å². The fourth-order valence-corrected chi connectivity index (χ4v) is 2.10. The molecule has 4 nitrogen and oxygen atoms in total. The standard InChI is InChI=1S/C15H25N3O/c1-2-3-5-10-14(13-8-6-4-7-9-13)17-11-12-18-15(16)19/h4,6-9,14,17H,2-3,5,10-12H2,1H3,(H3,16,18,19). The molecule has 4 N–H and O–H groups in total. The van der Waals surface area contributed by atoms with E-state index >= 15 is 0 Å². The third kappa shape index (κ3) is 6.82. The smallest absolute Gasteiger partial charge is 0.312 e. The van der Waals surface area contributed by atoms with Crippen LogP contribution in [0.4, 0.5) is 4.79 Å². The Hall–Kier alpha value is -1.55. The number of primary amides is 1. The molecule has 1 atom stereocenters. The molecular weight excluding hydrogens is 238 g/mol. The van der Waals surface area contributed by atoms with Crippen LogP contribution in [0.2, 0.25) is 0 Å². The first-order chi connectivity index (χ1) is 9.24. The third-order valence-electron chi connectivity index (χ3n) is 3.11. The highest BCUT2D eigenvalue weighted by Crippen LogP contribution is 2.19. The van der Waals surface area contributed by atoms with Crippen molar-refractivity contribution in [2.45, 2.75) is 38.6 Å². The summed E-state index contributed by atoms with van der Waals surface area (Å²) in [6.07, 6.45) is 4.82. The summed E-state index contributed by atoms with van der Waals surface area (Å²) in [6.45, 7) is 3.50. The van der Waals surface area contributed by atoms with E-state index in [0.29, 0.717) is 12.6 Å². The Morgan fingerprint density at radius 1 is 1.21 bits per heavy atom. The Labute approximate surface area is 115 Å². The van der Waals surface area contributed by atoms with Crippen molar-refractivity contribution in [3.8, 4) is 0 Å². The Morgan fingerprint density at radius 2 is 1.95 bits per heavy atom. The predicted octanol–water partition coefficient (Wildman–Crippen LogP) is 2.57. The second-order valence-corrected chi connectivity index (χ2v) is 4.70. The molecule has 4 heteroatoms. The third-order valence-corrected chi connectivity index (χ3v) is 3.11. The Morgan fingerprint density at radius 3 is 2.58 bits per heavy atom. The van der Waals surface area contributed by atoms with Gasteiger partial charge in [0.15, 0.2) is 0 Å². The topological polar surface area (TPSA) is 67.2 Å². The summed E-state index contributed by atoms with van der Waals surface area (Å²) in [5.74, 6) is 0. The predicted molar refractivity (Wildman–Crippen MR) is 78.9 cm³/mol. The zero-order valence-corrected chi connectivity index (χ0v) is 11.7. The Bertz CT molecular complexity index is 354. The van der Waals surface area contributed by atoms with Gasteiger partial charge in [-0.3, -0.25) is 0 Å². The second-order valence-electron chi connectivity index (χ2n) is 4.70. The van der Waals surface area contributed by atoms with Crippen LogP contribution in [0.15, 0.2) is 30.3 Å². The number of benzene rings is 1. The van der Waals surface area contributed by atoms with Crippen molar-refractivity contribution in [2.24, 2.45) is 5.73 Å². The number of nitrogens with one attached hydrogen (secondary N) is 2. The number of rotatable bonds is 9. The van der Waals surface area contributed by atoms with Crippen LogP contribution in [0, 0.1) is 0 Å². The van der Waals surface area contributed by atoms with Gasteiger partial charge in [-0.15, -0.1) is 0 Å². The fourth-order valence-electron chi connectivity index (χ4n) is 2.10. The lowest BCUT2D eigenvalue weighted by atomic mass is 10.0. The van der Waals surface area contributed by atoms with Gasteiger partial charge in [0.2, 0.25) is 0 Å². The molecule has 0 radical (unpaired) electrons. The number of unbranched alkanes of at least 4 members (excludes halogenated alkanes) is 2. The largest absolute Gasteiger partial charge is 0.352 e.